The molecule has 0 aliphatic rings. The number of hydrogen-bond acceptors (Lipinski definition) is 7. The molecule has 0 aliphatic heterocycles. The van der Waals surface area contributed by atoms with E-state index >= 15 is 0 Å². The molecule has 3 rings (SSSR count). The molecule has 3 aromatic rings. The zero-order chi connectivity index (χ0) is 22.5. The summed E-state index contributed by atoms with van der Waals surface area (Å²) in [6.45, 7) is 1.74. The van der Waals surface area contributed by atoms with Crippen molar-refractivity contribution in [3.63, 3.8) is 0 Å². The molecule has 162 valence electrons. The topological polar surface area (TPSA) is 112 Å². The maximum absolute atomic E-state index is 13.2. The molecular weight excluding hydrogens is 449 g/mol. The first-order valence-electron chi connectivity index (χ1n) is 8.92. The third-order valence-electron chi connectivity index (χ3n) is 4.10. The van der Waals surface area contributed by atoms with E-state index in [1.165, 1.54) is 30.3 Å². The molecule has 0 spiro atoms. The van der Waals surface area contributed by atoms with E-state index in [1.54, 1.807) is 24.6 Å². The number of nitrogens with zero attached hydrogens (tertiary/aromatic N) is 4. The Hall–Kier alpha value is -3.18. The number of anilines is 1. The molecule has 0 saturated carbocycles. The van der Waals surface area contributed by atoms with Crippen LogP contribution in [0.15, 0.2) is 47.6 Å². The second kappa shape index (κ2) is 9.75. The Balaban J connectivity index is 1.60. The summed E-state index contributed by atoms with van der Waals surface area (Å²) in [6.07, 6.45) is -0.534. The van der Waals surface area contributed by atoms with Crippen LogP contribution in [0.1, 0.15) is 18.9 Å². The summed E-state index contributed by atoms with van der Waals surface area (Å²) in [5, 5.41) is 22.2. The Labute approximate surface area is 185 Å². The van der Waals surface area contributed by atoms with E-state index in [9.17, 15) is 19.3 Å². The molecular formula is C19H17ClFN5O4S. The van der Waals surface area contributed by atoms with Crippen LogP contribution in [-0.4, -0.2) is 31.3 Å². The molecule has 0 aliphatic carbocycles. The number of benzene rings is 2. The van der Waals surface area contributed by atoms with E-state index in [4.69, 9.17) is 16.3 Å². The smallest absolute Gasteiger partial charge is 0.271 e. The molecule has 2 aromatic carbocycles. The molecule has 1 unspecified atom stereocenters. The third kappa shape index (κ3) is 5.70. The van der Waals surface area contributed by atoms with E-state index < -0.39 is 16.8 Å². The quantitative estimate of drug-likeness (QED) is 0.298. The lowest BCUT2D eigenvalue weighted by atomic mass is 10.3. The van der Waals surface area contributed by atoms with Crippen LogP contribution >= 0.6 is 23.4 Å². The Bertz CT molecular complexity index is 1130. The highest BCUT2D eigenvalue weighted by molar-refractivity contribution is 7.99. The van der Waals surface area contributed by atoms with Gasteiger partial charge in [-0.15, -0.1) is 10.2 Å². The largest absolute Gasteiger partial charge is 0.481 e. The van der Waals surface area contributed by atoms with E-state index in [0.29, 0.717) is 22.4 Å². The monoisotopic (exact) mass is 465 g/mol. The SMILES string of the molecule is CC(Oc1ccc(F)cc1Cl)c1nnc(SCC(=O)Nc2cccc([N+](=O)[O-])c2)n1C. The number of nitrogens with one attached hydrogen (secondary N) is 1. The van der Waals surface area contributed by atoms with Gasteiger partial charge in [0.1, 0.15) is 11.6 Å². The van der Waals surface area contributed by atoms with Gasteiger partial charge in [-0.05, 0) is 31.2 Å². The third-order valence-corrected chi connectivity index (χ3v) is 5.42. The van der Waals surface area contributed by atoms with Gasteiger partial charge in [0.25, 0.3) is 5.69 Å². The second-order valence-corrected chi connectivity index (χ2v) is 7.73. The van der Waals surface area contributed by atoms with Gasteiger partial charge >= 0.3 is 0 Å². The molecule has 0 saturated heterocycles. The fourth-order valence-electron chi connectivity index (χ4n) is 2.64. The Kier molecular flexibility index (Phi) is 7.08. The first-order valence-corrected chi connectivity index (χ1v) is 10.3. The molecule has 0 fully saturated rings. The number of ether oxygens (including phenoxy) is 1. The molecule has 31 heavy (non-hydrogen) atoms. The van der Waals surface area contributed by atoms with Gasteiger partial charge in [0, 0.05) is 24.9 Å². The number of carbonyl (C=O) groups is 1. The normalized spacial score (nSPS) is 11.7. The summed E-state index contributed by atoms with van der Waals surface area (Å²) in [7, 11) is 1.72. The Morgan fingerprint density at radius 3 is 2.84 bits per heavy atom. The number of hydrogen-bond donors (Lipinski definition) is 1. The lowest BCUT2D eigenvalue weighted by molar-refractivity contribution is -0.384. The van der Waals surface area contributed by atoms with Gasteiger partial charge in [-0.3, -0.25) is 14.9 Å². The van der Waals surface area contributed by atoms with Gasteiger partial charge in [0.05, 0.1) is 15.7 Å². The number of halogens is 2. The standard InChI is InChI=1S/C19H17ClFN5O4S/c1-11(30-16-7-6-12(21)8-15(16)20)18-23-24-19(25(18)2)31-10-17(27)22-13-4-3-5-14(9-13)26(28)29/h3-9,11H,10H2,1-2H3,(H,22,27). The number of amides is 1. The van der Waals surface area contributed by atoms with Crippen molar-refractivity contribution in [3.8, 4) is 5.75 Å². The molecule has 0 bridgehead atoms. The van der Waals surface area contributed by atoms with Crippen molar-refractivity contribution >= 4 is 40.6 Å². The fraction of sp³-hybridized carbons (Fsp3) is 0.211. The minimum Gasteiger partial charge on any atom is -0.481 e. The van der Waals surface area contributed by atoms with Crippen LogP contribution in [0.3, 0.4) is 0 Å². The molecule has 9 nitrogen and oxygen atoms in total. The highest BCUT2D eigenvalue weighted by atomic mass is 35.5. The van der Waals surface area contributed by atoms with Gasteiger partial charge in [-0.1, -0.05) is 29.4 Å². The number of nitro groups is 1. The summed E-state index contributed by atoms with van der Waals surface area (Å²) in [5.74, 6) is 0.00232. The zero-order valence-electron chi connectivity index (χ0n) is 16.4. The molecule has 1 amide bonds. The summed E-state index contributed by atoms with van der Waals surface area (Å²) >= 11 is 7.14. The van der Waals surface area contributed by atoms with Crippen LogP contribution in [-0.2, 0) is 11.8 Å². The molecule has 1 N–H and O–H groups in total. The van der Waals surface area contributed by atoms with Crippen molar-refractivity contribution in [1.29, 1.82) is 0 Å². The van der Waals surface area contributed by atoms with E-state index in [0.717, 1.165) is 17.8 Å². The van der Waals surface area contributed by atoms with Crippen LogP contribution in [0.2, 0.25) is 5.02 Å². The summed E-state index contributed by atoms with van der Waals surface area (Å²) in [6, 6.07) is 9.50. The van der Waals surface area contributed by atoms with E-state index in [2.05, 4.69) is 15.5 Å². The van der Waals surface area contributed by atoms with Crippen molar-refractivity contribution in [2.24, 2.45) is 7.05 Å². The van der Waals surface area contributed by atoms with Crippen LogP contribution < -0.4 is 10.1 Å². The number of carbonyl (C=O) groups excluding carboxylic acids is 1. The summed E-state index contributed by atoms with van der Waals surface area (Å²) in [5.41, 5.74) is 0.218. The fourth-order valence-corrected chi connectivity index (χ4v) is 3.57. The Morgan fingerprint density at radius 1 is 1.35 bits per heavy atom. The van der Waals surface area contributed by atoms with Crippen molar-refractivity contribution in [2.75, 3.05) is 11.1 Å². The second-order valence-electron chi connectivity index (χ2n) is 6.38. The Morgan fingerprint density at radius 2 is 2.13 bits per heavy atom. The predicted octanol–water partition coefficient (Wildman–Crippen LogP) is 4.39. The van der Waals surface area contributed by atoms with Crippen LogP contribution in [0.25, 0.3) is 0 Å². The first kappa shape index (κ1) is 22.5. The molecule has 0 radical (unpaired) electrons. The maximum Gasteiger partial charge on any atom is 0.271 e. The molecule has 12 heteroatoms. The van der Waals surface area contributed by atoms with Crippen molar-refractivity contribution in [1.82, 2.24) is 14.8 Å². The van der Waals surface area contributed by atoms with Crippen molar-refractivity contribution < 1.29 is 18.8 Å². The van der Waals surface area contributed by atoms with Crippen molar-refractivity contribution in [2.45, 2.75) is 18.2 Å². The van der Waals surface area contributed by atoms with Gasteiger partial charge in [0.2, 0.25) is 5.91 Å². The highest BCUT2D eigenvalue weighted by Crippen LogP contribution is 2.30. The van der Waals surface area contributed by atoms with Crippen LogP contribution in [0.4, 0.5) is 15.8 Å². The number of aromatic nitrogens is 3. The molecule has 1 atom stereocenters. The number of rotatable bonds is 8. The van der Waals surface area contributed by atoms with Gasteiger partial charge < -0.3 is 14.6 Å². The minimum atomic E-state index is -0.534. The van der Waals surface area contributed by atoms with E-state index in [-0.39, 0.29) is 22.4 Å². The van der Waals surface area contributed by atoms with Gasteiger partial charge in [-0.25, -0.2) is 4.39 Å². The average Bonchev–Trinajstić information content (AvgIpc) is 3.09. The predicted molar refractivity (Wildman–Crippen MR) is 114 cm³/mol. The van der Waals surface area contributed by atoms with Gasteiger partial charge in [-0.2, -0.15) is 0 Å². The summed E-state index contributed by atoms with van der Waals surface area (Å²) in [4.78, 5) is 22.5. The number of non-ortho nitro benzene ring substituents is 1. The number of thioether (sulfide) groups is 1. The maximum atomic E-state index is 13.2. The van der Waals surface area contributed by atoms with Crippen LogP contribution in [0.5, 0.6) is 5.75 Å². The minimum absolute atomic E-state index is 0.0215. The van der Waals surface area contributed by atoms with Crippen molar-refractivity contribution in [3.05, 3.63) is 69.2 Å². The molecule has 1 aromatic heterocycles. The van der Waals surface area contributed by atoms with E-state index in [1.807, 2.05) is 0 Å². The van der Waals surface area contributed by atoms with Gasteiger partial charge in [0.15, 0.2) is 17.1 Å². The highest BCUT2D eigenvalue weighted by Gasteiger charge is 2.19. The first-order chi connectivity index (χ1) is 14.7. The zero-order valence-corrected chi connectivity index (χ0v) is 18.0. The molecule has 1 heterocycles. The van der Waals surface area contributed by atoms with Crippen LogP contribution in [0, 0.1) is 15.9 Å². The average molecular weight is 466 g/mol. The lowest BCUT2D eigenvalue weighted by Crippen LogP contribution is -2.15. The number of nitro benzene ring substituents is 1. The summed E-state index contributed by atoms with van der Waals surface area (Å²) < 4.78 is 20.6. The lowest BCUT2D eigenvalue weighted by Gasteiger charge is -2.15.